The average molecular weight is 328 g/mol. The van der Waals surface area contributed by atoms with E-state index in [-0.39, 0.29) is 5.91 Å². The Morgan fingerprint density at radius 1 is 1.14 bits per heavy atom. The first-order chi connectivity index (χ1) is 10.5. The minimum atomic E-state index is 0.00339. The Kier molecular flexibility index (Phi) is 4.18. The predicted molar refractivity (Wildman–Crippen MR) is 95.7 cm³/mol. The molecule has 3 nitrogen and oxygen atoms in total. The molecule has 1 saturated heterocycles. The van der Waals surface area contributed by atoms with Crippen molar-refractivity contribution in [2.75, 3.05) is 7.05 Å². The number of amidine groups is 1. The number of carbonyl (C=O) groups is 1. The van der Waals surface area contributed by atoms with Crippen LogP contribution in [0.3, 0.4) is 0 Å². The van der Waals surface area contributed by atoms with Gasteiger partial charge in [0.05, 0.1) is 10.6 Å². The first kappa shape index (κ1) is 15.1. The molecule has 1 aromatic carbocycles. The Morgan fingerprint density at radius 2 is 1.86 bits per heavy atom. The van der Waals surface area contributed by atoms with Crippen molar-refractivity contribution in [3.8, 4) is 0 Å². The van der Waals surface area contributed by atoms with Gasteiger partial charge in [-0.05, 0) is 60.8 Å². The van der Waals surface area contributed by atoms with Crippen LogP contribution in [0.15, 0.2) is 45.6 Å². The highest BCUT2D eigenvalue weighted by Crippen LogP contribution is 2.34. The van der Waals surface area contributed by atoms with Crippen LogP contribution in [-0.2, 0) is 4.79 Å². The van der Waals surface area contributed by atoms with Gasteiger partial charge in [-0.25, -0.2) is 4.99 Å². The minimum Gasteiger partial charge on any atom is -0.290 e. The summed E-state index contributed by atoms with van der Waals surface area (Å²) in [6.07, 6.45) is 1.96. The molecule has 112 valence electrons. The number of thioether (sulfide) groups is 1. The van der Waals surface area contributed by atoms with Crippen LogP contribution in [0.2, 0.25) is 0 Å². The number of aliphatic imine (C=N–C) groups is 1. The van der Waals surface area contributed by atoms with Crippen molar-refractivity contribution in [1.29, 1.82) is 0 Å². The van der Waals surface area contributed by atoms with Crippen LogP contribution in [0, 0.1) is 13.8 Å². The molecule has 1 amide bonds. The van der Waals surface area contributed by atoms with Gasteiger partial charge in [-0.1, -0.05) is 17.7 Å². The number of rotatable bonds is 2. The Labute approximate surface area is 138 Å². The molecule has 5 heteroatoms. The van der Waals surface area contributed by atoms with Crippen LogP contribution in [0.1, 0.15) is 16.0 Å². The highest BCUT2D eigenvalue weighted by atomic mass is 32.2. The summed E-state index contributed by atoms with van der Waals surface area (Å²) in [5, 5.41) is 2.76. The third-order valence-corrected chi connectivity index (χ3v) is 5.45. The second-order valence-corrected chi connectivity index (χ2v) is 7.13. The SMILES string of the molecule is Cc1ccc(N=C2S/C(=C/c3sccc3C)C(=O)N2C)cc1. The van der Waals surface area contributed by atoms with Gasteiger partial charge in [0, 0.05) is 11.9 Å². The normalized spacial score (nSPS) is 18.7. The summed E-state index contributed by atoms with van der Waals surface area (Å²) in [5.41, 5.74) is 3.25. The topological polar surface area (TPSA) is 32.7 Å². The molecule has 0 aliphatic carbocycles. The van der Waals surface area contributed by atoms with Gasteiger partial charge in [0.15, 0.2) is 5.17 Å². The van der Waals surface area contributed by atoms with Crippen molar-refractivity contribution in [2.24, 2.45) is 4.99 Å². The summed E-state index contributed by atoms with van der Waals surface area (Å²) in [6, 6.07) is 10.0. The summed E-state index contributed by atoms with van der Waals surface area (Å²) < 4.78 is 0. The molecule has 22 heavy (non-hydrogen) atoms. The van der Waals surface area contributed by atoms with Crippen molar-refractivity contribution in [2.45, 2.75) is 13.8 Å². The van der Waals surface area contributed by atoms with Crippen LogP contribution < -0.4 is 0 Å². The van der Waals surface area contributed by atoms with E-state index in [1.165, 1.54) is 22.9 Å². The highest BCUT2D eigenvalue weighted by molar-refractivity contribution is 8.18. The largest absolute Gasteiger partial charge is 0.290 e. The predicted octanol–water partition coefficient (Wildman–Crippen LogP) is 4.60. The van der Waals surface area contributed by atoms with Crippen LogP contribution >= 0.6 is 23.1 Å². The zero-order valence-corrected chi connectivity index (χ0v) is 14.3. The molecule has 1 aromatic heterocycles. The van der Waals surface area contributed by atoms with E-state index in [4.69, 9.17) is 0 Å². The first-order valence-electron chi connectivity index (χ1n) is 6.91. The first-order valence-corrected chi connectivity index (χ1v) is 8.61. The lowest BCUT2D eigenvalue weighted by Crippen LogP contribution is -2.23. The Bertz CT molecular complexity index is 772. The fraction of sp³-hybridized carbons (Fsp3) is 0.176. The summed E-state index contributed by atoms with van der Waals surface area (Å²) in [4.78, 5) is 20.4. The maximum atomic E-state index is 12.4. The maximum absolute atomic E-state index is 12.4. The number of nitrogens with zero attached hydrogens (tertiary/aromatic N) is 2. The monoisotopic (exact) mass is 328 g/mol. The van der Waals surface area contributed by atoms with E-state index >= 15 is 0 Å². The molecule has 0 saturated carbocycles. The van der Waals surface area contributed by atoms with E-state index in [2.05, 4.69) is 18.0 Å². The van der Waals surface area contributed by atoms with Gasteiger partial charge >= 0.3 is 0 Å². The Morgan fingerprint density at radius 3 is 2.50 bits per heavy atom. The van der Waals surface area contributed by atoms with E-state index in [1.54, 1.807) is 23.3 Å². The number of likely N-dealkylation sites (N-methyl/N-ethyl adjacent to an activating group) is 1. The van der Waals surface area contributed by atoms with Gasteiger partial charge in [-0.3, -0.25) is 9.69 Å². The van der Waals surface area contributed by atoms with E-state index < -0.39 is 0 Å². The van der Waals surface area contributed by atoms with Crippen molar-refractivity contribution < 1.29 is 4.79 Å². The molecule has 0 atom stereocenters. The molecule has 2 aromatic rings. The molecule has 3 rings (SSSR count). The quantitative estimate of drug-likeness (QED) is 0.755. The van der Waals surface area contributed by atoms with Gasteiger partial charge in [0.1, 0.15) is 0 Å². The van der Waals surface area contributed by atoms with Crippen LogP contribution in [0.5, 0.6) is 0 Å². The van der Waals surface area contributed by atoms with Crippen molar-refractivity contribution >= 4 is 45.9 Å². The number of amides is 1. The molecule has 1 aliphatic heterocycles. The smallest absolute Gasteiger partial charge is 0.266 e. The third-order valence-electron chi connectivity index (χ3n) is 3.43. The van der Waals surface area contributed by atoms with Gasteiger partial charge in [-0.15, -0.1) is 11.3 Å². The lowest BCUT2D eigenvalue weighted by molar-refractivity contribution is -0.121. The van der Waals surface area contributed by atoms with E-state index in [0.717, 1.165) is 15.5 Å². The van der Waals surface area contributed by atoms with Crippen LogP contribution in [0.4, 0.5) is 5.69 Å². The molecule has 1 fully saturated rings. The maximum Gasteiger partial charge on any atom is 0.266 e. The second-order valence-electron chi connectivity index (χ2n) is 5.17. The lowest BCUT2D eigenvalue weighted by atomic mass is 10.2. The standard InChI is InChI=1S/C17H16N2OS2/c1-11-4-6-13(7-5-11)18-17-19(3)16(20)15(22-17)10-14-12(2)8-9-21-14/h4-10H,1-3H3/b15-10+,18-17?. The van der Waals surface area contributed by atoms with Crippen LogP contribution in [-0.4, -0.2) is 23.0 Å². The number of benzene rings is 1. The van der Waals surface area contributed by atoms with Gasteiger partial charge in [0.2, 0.25) is 0 Å². The van der Waals surface area contributed by atoms with Crippen molar-refractivity contribution in [1.82, 2.24) is 4.90 Å². The highest BCUT2D eigenvalue weighted by Gasteiger charge is 2.30. The second kappa shape index (κ2) is 6.10. The minimum absolute atomic E-state index is 0.00339. The molecule has 1 aliphatic rings. The molecule has 0 spiro atoms. The fourth-order valence-electron chi connectivity index (χ4n) is 2.03. The molecule has 0 unspecified atom stereocenters. The number of hydrogen-bond acceptors (Lipinski definition) is 4. The van der Waals surface area contributed by atoms with Gasteiger partial charge < -0.3 is 0 Å². The molecular formula is C17H16N2OS2. The average Bonchev–Trinajstić information content (AvgIpc) is 3.01. The summed E-state index contributed by atoms with van der Waals surface area (Å²) in [6.45, 7) is 4.10. The van der Waals surface area contributed by atoms with Crippen molar-refractivity contribution in [3.05, 3.63) is 56.6 Å². The molecule has 2 heterocycles. The fourth-order valence-corrected chi connectivity index (χ4v) is 3.93. The molecule has 0 radical (unpaired) electrons. The number of thiophene rings is 1. The zero-order valence-electron chi connectivity index (χ0n) is 12.7. The van der Waals surface area contributed by atoms with Crippen molar-refractivity contribution in [3.63, 3.8) is 0 Å². The van der Waals surface area contributed by atoms with Crippen LogP contribution in [0.25, 0.3) is 6.08 Å². The summed E-state index contributed by atoms with van der Waals surface area (Å²) >= 11 is 3.07. The molecular weight excluding hydrogens is 312 g/mol. The van der Waals surface area contributed by atoms with E-state index in [0.29, 0.717) is 5.17 Å². The summed E-state index contributed by atoms with van der Waals surface area (Å²) in [7, 11) is 1.77. The van der Waals surface area contributed by atoms with E-state index in [1.807, 2.05) is 42.6 Å². The van der Waals surface area contributed by atoms with E-state index in [9.17, 15) is 4.79 Å². The lowest BCUT2D eigenvalue weighted by Gasteiger charge is -2.07. The number of aryl methyl sites for hydroxylation is 2. The Balaban J connectivity index is 1.90. The number of hydrogen-bond donors (Lipinski definition) is 0. The summed E-state index contributed by atoms with van der Waals surface area (Å²) in [5.74, 6) is 0.00339. The van der Waals surface area contributed by atoms with Gasteiger partial charge in [-0.2, -0.15) is 0 Å². The molecule has 0 bridgehead atoms. The number of carbonyl (C=O) groups excluding carboxylic acids is 1. The van der Waals surface area contributed by atoms with Gasteiger partial charge in [0.25, 0.3) is 5.91 Å². The third kappa shape index (κ3) is 3.00. The molecule has 0 N–H and O–H groups in total. The Hall–Kier alpha value is -1.85. The zero-order chi connectivity index (χ0) is 15.7.